The van der Waals surface area contributed by atoms with E-state index in [1.54, 1.807) is 6.20 Å². The van der Waals surface area contributed by atoms with Gasteiger partial charge in [0, 0.05) is 17.7 Å². The number of benzene rings is 1. The SMILES string of the molecule is CCCOCC(=O)Nc1ccc2cn[nH]c2c1. The number of carbonyl (C=O) groups excluding carboxylic acids is 1. The van der Waals surface area contributed by atoms with Crippen LogP contribution in [0.2, 0.25) is 0 Å². The van der Waals surface area contributed by atoms with Gasteiger partial charge in [-0.2, -0.15) is 5.10 Å². The zero-order valence-electron chi connectivity index (χ0n) is 9.69. The molecular weight excluding hydrogens is 218 g/mol. The Bertz CT molecular complexity index is 507. The topological polar surface area (TPSA) is 67.0 Å². The number of fused-ring (bicyclic) bond motifs is 1. The Morgan fingerprint density at radius 1 is 1.53 bits per heavy atom. The van der Waals surface area contributed by atoms with Crippen molar-refractivity contribution in [2.24, 2.45) is 0 Å². The fourth-order valence-electron chi connectivity index (χ4n) is 1.52. The normalized spacial score (nSPS) is 10.6. The van der Waals surface area contributed by atoms with Crippen molar-refractivity contribution < 1.29 is 9.53 Å². The van der Waals surface area contributed by atoms with Gasteiger partial charge in [0.15, 0.2) is 0 Å². The second kappa shape index (κ2) is 5.45. The number of H-pyrrole nitrogens is 1. The molecule has 90 valence electrons. The fourth-order valence-corrected chi connectivity index (χ4v) is 1.52. The first-order valence-electron chi connectivity index (χ1n) is 5.60. The third-order valence-electron chi connectivity index (χ3n) is 2.31. The molecule has 0 aliphatic carbocycles. The standard InChI is InChI=1S/C12H15N3O2/c1-2-5-17-8-12(16)14-10-4-3-9-7-13-15-11(9)6-10/h3-4,6-7H,2,5,8H2,1H3,(H,13,15)(H,14,16). The van der Waals surface area contributed by atoms with E-state index in [4.69, 9.17) is 4.74 Å². The van der Waals surface area contributed by atoms with E-state index in [1.807, 2.05) is 25.1 Å². The summed E-state index contributed by atoms with van der Waals surface area (Å²) in [6.45, 7) is 2.70. The molecule has 0 atom stereocenters. The van der Waals surface area contributed by atoms with E-state index in [9.17, 15) is 4.79 Å². The Hall–Kier alpha value is -1.88. The van der Waals surface area contributed by atoms with Gasteiger partial charge in [-0.1, -0.05) is 6.92 Å². The van der Waals surface area contributed by atoms with Crippen LogP contribution in [0.15, 0.2) is 24.4 Å². The van der Waals surface area contributed by atoms with E-state index in [0.29, 0.717) is 6.61 Å². The van der Waals surface area contributed by atoms with Crippen LogP contribution in [0.5, 0.6) is 0 Å². The molecule has 2 aromatic rings. The number of hydrogen-bond donors (Lipinski definition) is 2. The highest BCUT2D eigenvalue weighted by molar-refractivity contribution is 5.94. The highest BCUT2D eigenvalue weighted by atomic mass is 16.5. The van der Waals surface area contributed by atoms with E-state index >= 15 is 0 Å². The van der Waals surface area contributed by atoms with E-state index in [0.717, 1.165) is 23.0 Å². The summed E-state index contributed by atoms with van der Waals surface area (Å²) in [4.78, 5) is 11.5. The zero-order valence-corrected chi connectivity index (χ0v) is 9.69. The van der Waals surface area contributed by atoms with Crippen molar-refractivity contribution in [3.05, 3.63) is 24.4 Å². The van der Waals surface area contributed by atoms with E-state index < -0.39 is 0 Å². The Labute approximate surface area is 99.2 Å². The summed E-state index contributed by atoms with van der Waals surface area (Å²) in [7, 11) is 0. The number of hydrogen-bond acceptors (Lipinski definition) is 3. The van der Waals surface area contributed by atoms with Crippen molar-refractivity contribution in [1.82, 2.24) is 10.2 Å². The molecule has 17 heavy (non-hydrogen) atoms. The maximum atomic E-state index is 11.5. The van der Waals surface area contributed by atoms with Gasteiger partial charge in [0.05, 0.1) is 11.7 Å². The molecule has 0 fully saturated rings. The quantitative estimate of drug-likeness (QED) is 0.775. The van der Waals surface area contributed by atoms with Crippen LogP contribution in [-0.2, 0) is 9.53 Å². The summed E-state index contributed by atoms with van der Waals surface area (Å²) < 4.78 is 5.16. The fraction of sp³-hybridized carbons (Fsp3) is 0.333. The summed E-state index contributed by atoms with van der Waals surface area (Å²) in [5, 5.41) is 10.6. The third kappa shape index (κ3) is 3.04. The van der Waals surface area contributed by atoms with Crippen LogP contribution in [-0.4, -0.2) is 29.3 Å². The number of anilines is 1. The van der Waals surface area contributed by atoms with Gasteiger partial charge in [0.1, 0.15) is 6.61 Å². The van der Waals surface area contributed by atoms with Crippen LogP contribution in [0.3, 0.4) is 0 Å². The van der Waals surface area contributed by atoms with Gasteiger partial charge in [0.25, 0.3) is 0 Å². The Balaban J connectivity index is 1.95. The zero-order chi connectivity index (χ0) is 12.1. The monoisotopic (exact) mass is 233 g/mol. The summed E-state index contributed by atoms with van der Waals surface area (Å²) in [5.41, 5.74) is 1.64. The Morgan fingerprint density at radius 3 is 3.24 bits per heavy atom. The molecule has 5 heteroatoms. The molecule has 1 aromatic carbocycles. The number of nitrogens with zero attached hydrogens (tertiary/aromatic N) is 1. The minimum atomic E-state index is -0.141. The first-order chi connectivity index (χ1) is 8.29. The maximum Gasteiger partial charge on any atom is 0.250 e. The van der Waals surface area contributed by atoms with Crippen molar-refractivity contribution in [3.63, 3.8) is 0 Å². The Morgan fingerprint density at radius 2 is 2.41 bits per heavy atom. The second-order valence-corrected chi connectivity index (χ2v) is 3.77. The maximum absolute atomic E-state index is 11.5. The van der Waals surface area contributed by atoms with Crippen LogP contribution in [0.1, 0.15) is 13.3 Å². The first kappa shape index (κ1) is 11.6. The lowest BCUT2D eigenvalue weighted by Crippen LogP contribution is -2.18. The summed E-state index contributed by atoms with van der Waals surface area (Å²) in [6, 6.07) is 5.59. The molecule has 0 saturated heterocycles. The summed E-state index contributed by atoms with van der Waals surface area (Å²) in [5.74, 6) is -0.141. The summed E-state index contributed by atoms with van der Waals surface area (Å²) >= 11 is 0. The molecule has 0 bridgehead atoms. The Kier molecular flexibility index (Phi) is 3.72. The predicted molar refractivity (Wildman–Crippen MR) is 65.8 cm³/mol. The number of ether oxygens (including phenoxy) is 1. The predicted octanol–water partition coefficient (Wildman–Crippen LogP) is 1.93. The van der Waals surface area contributed by atoms with Crippen molar-refractivity contribution in [1.29, 1.82) is 0 Å². The molecule has 0 unspecified atom stereocenters. The first-order valence-corrected chi connectivity index (χ1v) is 5.60. The lowest BCUT2D eigenvalue weighted by molar-refractivity contribution is -0.120. The minimum absolute atomic E-state index is 0.0921. The van der Waals surface area contributed by atoms with Gasteiger partial charge in [-0.3, -0.25) is 9.89 Å². The van der Waals surface area contributed by atoms with Crippen LogP contribution in [0.4, 0.5) is 5.69 Å². The van der Waals surface area contributed by atoms with E-state index in [1.165, 1.54) is 0 Å². The summed E-state index contributed by atoms with van der Waals surface area (Å²) in [6.07, 6.45) is 2.65. The van der Waals surface area contributed by atoms with Gasteiger partial charge in [-0.05, 0) is 24.6 Å². The van der Waals surface area contributed by atoms with Gasteiger partial charge in [-0.15, -0.1) is 0 Å². The molecule has 0 saturated carbocycles. The van der Waals surface area contributed by atoms with Crippen molar-refractivity contribution in [2.45, 2.75) is 13.3 Å². The minimum Gasteiger partial charge on any atom is -0.372 e. The highest BCUT2D eigenvalue weighted by Gasteiger charge is 2.03. The molecule has 2 N–H and O–H groups in total. The molecular formula is C12H15N3O2. The smallest absolute Gasteiger partial charge is 0.250 e. The van der Waals surface area contributed by atoms with Crippen molar-refractivity contribution in [2.75, 3.05) is 18.5 Å². The number of amides is 1. The van der Waals surface area contributed by atoms with Crippen molar-refractivity contribution in [3.8, 4) is 0 Å². The second-order valence-electron chi connectivity index (χ2n) is 3.77. The molecule has 0 spiro atoms. The molecule has 1 heterocycles. The number of nitrogens with one attached hydrogen (secondary N) is 2. The molecule has 0 radical (unpaired) electrons. The van der Waals surface area contributed by atoms with Crippen LogP contribution < -0.4 is 5.32 Å². The van der Waals surface area contributed by atoms with E-state index in [-0.39, 0.29) is 12.5 Å². The van der Waals surface area contributed by atoms with Gasteiger partial charge in [0.2, 0.25) is 5.91 Å². The average molecular weight is 233 g/mol. The number of aromatic nitrogens is 2. The number of rotatable bonds is 5. The number of aromatic amines is 1. The lowest BCUT2D eigenvalue weighted by Gasteiger charge is -2.05. The lowest BCUT2D eigenvalue weighted by atomic mass is 10.2. The van der Waals surface area contributed by atoms with Gasteiger partial charge in [-0.25, -0.2) is 0 Å². The molecule has 2 rings (SSSR count). The molecule has 0 aliphatic rings. The molecule has 1 aromatic heterocycles. The third-order valence-corrected chi connectivity index (χ3v) is 2.31. The van der Waals surface area contributed by atoms with Crippen molar-refractivity contribution >= 4 is 22.5 Å². The molecule has 0 aliphatic heterocycles. The average Bonchev–Trinajstić information content (AvgIpc) is 2.76. The van der Waals surface area contributed by atoms with Gasteiger partial charge < -0.3 is 10.1 Å². The van der Waals surface area contributed by atoms with Crippen LogP contribution in [0.25, 0.3) is 10.9 Å². The molecule has 1 amide bonds. The van der Waals surface area contributed by atoms with Crippen LogP contribution in [0, 0.1) is 0 Å². The van der Waals surface area contributed by atoms with Crippen LogP contribution >= 0.6 is 0 Å². The van der Waals surface area contributed by atoms with E-state index in [2.05, 4.69) is 15.5 Å². The largest absolute Gasteiger partial charge is 0.372 e. The molecule has 5 nitrogen and oxygen atoms in total. The number of carbonyl (C=O) groups is 1. The highest BCUT2D eigenvalue weighted by Crippen LogP contribution is 2.16. The van der Waals surface area contributed by atoms with Gasteiger partial charge >= 0.3 is 0 Å².